The number of benzene rings is 1. The lowest BCUT2D eigenvalue weighted by Gasteiger charge is -2.05. The van der Waals surface area contributed by atoms with Crippen LogP contribution in [-0.4, -0.2) is 28.3 Å². The first-order chi connectivity index (χ1) is 11.1. The van der Waals surface area contributed by atoms with Gasteiger partial charge in [-0.15, -0.1) is 0 Å². The number of halogens is 1. The highest BCUT2D eigenvalue weighted by Crippen LogP contribution is 2.22. The molecule has 6 heteroatoms. The molecule has 0 aliphatic carbocycles. The summed E-state index contributed by atoms with van der Waals surface area (Å²) in [6.07, 6.45) is 1.41. The minimum Gasteiger partial charge on any atom is -0.454 e. The number of ketones is 1. The molecule has 2 aromatic heterocycles. The van der Waals surface area contributed by atoms with Crippen LogP contribution in [0.25, 0.3) is 10.9 Å². The largest absolute Gasteiger partial charge is 0.454 e. The zero-order chi connectivity index (χ0) is 16.4. The number of Topliss-reactive ketones (excluding diaryl/α,β-unsaturated/α-hetero) is 1. The molecule has 2 heterocycles. The molecule has 0 spiro atoms. The number of aryl methyl sites for hydroxylation is 1. The van der Waals surface area contributed by atoms with Gasteiger partial charge in [0.1, 0.15) is 5.15 Å². The number of fused-ring (bicyclic) bond motifs is 1. The smallest absolute Gasteiger partial charge is 0.338 e. The van der Waals surface area contributed by atoms with E-state index in [9.17, 15) is 9.59 Å². The first-order valence-corrected chi connectivity index (χ1v) is 7.33. The molecule has 0 saturated carbocycles. The fraction of sp³-hybridized carbons (Fsp3) is 0.118. The van der Waals surface area contributed by atoms with E-state index in [0.717, 1.165) is 16.6 Å². The summed E-state index contributed by atoms with van der Waals surface area (Å²) in [6.45, 7) is 1.49. The summed E-state index contributed by atoms with van der Waals surface area (Å²) in [6, 6.07) is 10.4. The number of nitrogens with zero attached hydrogens (tertiary/aromatic N) is 1. The number of rotatable bonds is 4. The number of hydrogen-bond acceptors (Lipinski definition) is 4. The van der Waals surface area contributed by atoms with E-state index in [-0.39, 0.29) is 23.1 Å². The van der Waals surface area contributed by atoms with Crippen LogP contribution in [0, 0.1) is 6.92 Å². The van der Waals surface area contributed by atoms with Gasteiger partial charge >= 0.3 is 5.97 Å². The first-order valence-electron chi connectivity index (χ1n) is 6.95. The highest BCUT2D eigenvalue weighted by molar-refractivity contribution is 6.29. The SMILES string of the molecule is Cc1[nH]c2ccccc2c1C(=O)COC(=O)c1ccnc(Cl)c1. The Balaban J connectivity index is 1.76. The predicted molar refractivity (Wildman–Crippen MR) is 86.9 cm³/mol. The van der Waals surface area contributed by atoms with Gasteiger partial charge in [0.2, 0.25) is 5.78 Å². The Morgan fingerprint density at radius 2 is 2.04 bits per heavy atom. The lowest BCUT2D eigenvalue weighted by Crippen LogP contribution is -2.15. The first kappa shape index (κ1) is 15.2. The number of ether oxygens (including phenoxy) is 1. The zero-order valence-electron chi connectivity index (χ0n) is 12.3. The molecule has 0 atom stereocenters. The second-order valence-corrected chi connectivity index (χ2v) is 5.42. The molecule has 0 radical (unpaired) electrons. The minimum atomic E-state index is -0.611. The number of carbonyl (C=O) groups excluding carboxylic acids is 2. The number of carbonyl (C=O) groups is 2. The molecular weight excluding hydrogens is 316 g/mol. The maximum atomic E-state index is 12.4. The van der Waals surface area contributed by atoms with Crippen molar-refractivity contribution in [2.75, 3.05) is 6.61 Å². The van der Waals surface area contributed by atoms with Crippen LogP contribution in [0.5, 0.6) is 0 Å². The van der Waals surface area contributed by atoms with Crippen molar-refractivity contribution in [1.29, 1.82) is 0 Å². The average Bonchev–Trinajstić information content (AvgIpc) is 2.88. The third kappa shape index (κ3) is 3.10. The van der Waals surface area contributed by atoms with E-state index in [4.69, 9.17) is 16.3 Å². The molecule has 1 aromatic carbocycles. The number of nitrogens with one attached hydrogen (secondary N) is 1. The number of hydrogen-bond donors (Lipinski definition) is 1. The number of aromatic amines is 1. The second-order valence-electron chi connectivity index (χ2n) is 5.04. The van der Waals surface area contributed by atoms with Gasteiger partial charge in [0.05, 0.1) is 5.56 Å². The highest BCUT2D eigenvalue weighted by Gasteiger charge is 2.18. The topological polar surface area (TPSA) is 72.1 Å². The van der Waals surface area contributed by atoms with Crippen molar-refractivity contribution in [3.05, 3.63) is 64.6 Å². The number of esters is 1. The van der Waals surface area contributed by atoms with Crippen LogP contribution in [0.2, 0.25) is 5.15 Å². The molecule has 0 amide bonds. The van der Waals surface area contributed by atoms with Crippen molar-refractivity contribution in [2.45, 2.75) is 6.92 Å². The summed E-state index contributed by atoms with van der Waals surface area (Å²) in [4.78, 5) is 31.3. The molecule has 0 fully saturated rings. The van der Waals surface area contributed by atoms with Crippen molar-refractivity contribution in [3.8, 4) is 0 Å². The lowest BCUT2D eigenvalue weighted by molar-refractivity contribution is 0.0475. The predicted octanol–water partition coefficient (Wildman–Crippen LogP) is 3.56. The summed E-state index contributed by atoms with van der Waals surface area (Å²) in [5.74, 6) is -0.867. The molecule has 0 aliphatic heterocycles. The number of para-hydroxylation sites is 1. The van der Waals surface area contributed by atoms with Crippen molar-refractivity contribution in [1.82, 2.24) is 9.97 Å². The maximum Gasteiger partial charge on any atom is 0.338 e. The zero-order valence-corrected chi connectivity index (χ0v) is 13.1. The Morgan fingerprint density at radius 3 is 2.83 bits per heavy atom. The number of pyridine rings is 1. The van der Waals surface area contributed by atoms with E-state index >= 15 is 0 Å². The lowest BCUT2D eigenvalue weighted by atomic mass is 10.1. The Hall–Kier alpha value is -2.66. The Bertz CT molecular complexity index is 902. The van der Waals surface area contributed by atoms with E-state index in [1.54, 1.807) is 0 Å². The molecule has 0 unspecified atom stereocenters. The molecule has 23 heavy (non-hydrogen) atoms. The van der Waals surface area contributed by atoms with Gasteiger partial charge in [0.25, 0.3) is 0 Å². The third-order valence-electron chi connectivity index (χ3n) is 3.47. The van der Waals surface area contributed by atoms with Crippen LogP contribution in [0.3, 0.4) is 0 Å². The third-order valence-corrected chi connectivity index (χ3v) is 3.68. The van der Waals surface area contributed by atoms with E-state index in [0.29, 0.717) is 5.56 Å². The number of H-pyrrole nitrogens is 1. The minimum absolute atomic E-state index is 0.193. The van der Waals surface area contributed by atoms with Crippen LogP contribution >= 0.6 is 11.6 Å². The van der Waals surface area contributed by atoms with Crippen molar-refractivity contribution in [3.63, 3.8) is 0 Å². The Kier molecular flexibility index (Phi) is 4.12. The van der Waals surface area contributed by atoms with Crippen molar-refractivity contribution < 1.29 is 14.3 Å². The fourth-order valence-electron chi connectivity index (χ4n) is 2.45. The Morgan fingerprint density at radius 1 is 1.26 bits per heavy atom. The molecular formula is C17H13ClN2O3. The van der Waals surface area contributed by atoms with Crippen molar-refractivity contribution >= 4 is 34.3 Å². The molecule has 3 aromatic rings. The normalized spacial score (nSPS) is 10.7. The van der Waals surface area contributed by atoms with Crippen LogP contribution in [0.4, 0.5) is 0 Å². The summed E-state index contributed by atoms with van der Waals surface area (Å²) >= 11 is 5.73. The highest BCUT2D eigenvalue weighted by atomic mass is 35.5. The van der Waals surface area contributed by atoms with Gasteiger partial charge in [-0.2, -0.15) is 0 Å². The molecule has 0 bridgehead atoms. The maximum absolute atomic E-state index is 12.4. The number of aromatic nitrogens is 2. The summed E-state index contributed by atoms with van der Waals surface area (Å²) in [7, 11) is 0. The second kappa shape index (κ2) is 6.22. The van der Waals surface area contributed by atoms with Crippen LogP contribution in [-0.2, 0) is 4.74 Å². The molecule has 0 saturated heterocycles. The van der Waals surface area contributed by atoms with Crippen LogP contribution < -0.4 is 0 Å². The standard InChI is InChI=1S/C17H13ClN2O3/c1-10-16(12-4-2-3-5-13(12)20-10)14(21)9-23-17(22)11-6-7-19-15(18)8-11/h2-8,20H,9H2,1H3. The Labute approximate surface area is 137 Å². The van der Waals surface area contributed by atoms with E-state index in [1.807, 2.05) is 31.2 Å². The van der Waals surface area contributed by atoms with Gasteiger partial charge < -0.3 is 9.72 Å². The average molecular weight is 329 g/mol. The van der Waals surface area contributed by atoms with Gasteiger partial charge in [-0.3, -0.25) is 4.79 Å². The van der Waals surface area contributed by atoms with Gasteiger partial charge in [0, 0.05) is 28.4 Å². The molecule has 116 valence electrons. The monoisotopic (exact) mass is 328 g/mol. The van der Waals surface area contributed by atoms with Crippen LogP contribution in [0.15, 0.2) is 42.6 Å². The van der Waals surface area contributed by atoms with Gasteiger partial charge in [-0.1, -0.05) is 29.8 Å². The van der Waals surface area contributed by atoms with Gasteiger partial charge in [0.15, 0.2) is 6.61 Å². The van der Waals surface area contributed by atoms with Gasteiger partial charge in [-0.25, -0.2) is 9.78 Å². The molecule has 3 rings (SSSR count). The molecule has 0 aliphatic rings. The quantitative estimate of drug-likeness (QED) is 0.451. The van der Waals surface area contributed by atoms with Crippen molar-refractivity contribution in [2.24, 2.45) is 0 Å². The van der Waals surface area contributed by atoms with Gasteiger partial charge in [-0.05, 0) is 25.1 Å². The summed E-state index contributed by atoms with van der Waals surface area (Å²) in [5, 5.41) is 1.01. The molecule has 1 N–H and O–H groups in total. The van der Waals surface area contributed by atoms with E-state index < -0.39 is 5.97 Å². The van der Waals surface area contributed by atoms with E-state index in [2.05, 4.69) is 9.97 Å². The summed E-state index contributed by atoms with van der Waals surface area (Å²) < 4.78 is 5.08. The van der Waals surface area contributed by atoms with E-state index in [1.165, 1.54) is 18.3 Å². The molecule has 5 nitrogen and oxygen atoms in total. The fourth-order valence-corrected chi connectivity index (χ4v) is 2.63. The summed E-state index contributed by atoms with van der Waals surface area (Å²) in [5.41, 5.74) is 2.43. The van der Waals surface area contributed by atoms with Crippen LogP contribution in [0.1, 0.15) is 26.4 Å².